The molecule has 2 unspecified atom stereocenters. The first kappa shape index (κ1) is 12.8. The lowest BCUT2D eigenvalue weighted by molar-refractivity contribution is 0.0148. The van der Waals surface area contributed by atoms with Crippen molar-refractivity contribution >= 4 is 5.78 Å². The Morgan fingerprint density at radius 1 is 1.50 bits per heavy atom. The zero-order chi connectivity index (χ0) is 12.1. The van der Waals surface area contributed by atoms with E-state index in [0.29, 0.717) is 24.2 Å². The molecular weight excluding hydrogens is 208 g/mol. The predicted octanol–water partition coefficient (Wildman–Crippen LogP) is 0.0273. The number of hydrogen-bond donors (Lipinski definition) is 3. The second-order valence-corrected chi connectivity index (χ2v) is 3.62. The Balaban J connectivity index is 2.77. The zero-order valence-corrected chi connectivity index (χ0v) is 9.13. The van der Waals surface area contributed by atoms with Gasteiger partial charge in [0.05, 0.1) is 6.10 Å². The van der Waals surface area contributed by atoms with Crippen LogP contribution >= 0.6 is 0 Å². The van der Waals surface area contributed by atoms with E-state index < -0.39 is 12.2 Å². The number of rotatable bonds is 5. The molecule has 88 valence electrons. The van der Waals surface area contributed by atoms with Crippen molar-refractivity contribution in [2.24, 2.45) is 5.73 Å². The van der Waals surface area contributed by atoms with Crippen molar-refractivity contribution in [3.8, 4) is 0 Å². The standard InChI is InChI=1S/C11H16N2O3/c1-7(14)9-3-2-8(6-13-9)11(16)10(15)4-5-12/h2-3,6,10-11,15-16H,4-5,12H2,1H3. The number of aromatic nitrogens is 1. The molecule has 0 aliphatic heterocycles. The summed E-state index contributed by atoms with van der Waals surface area (Å²) >= 11 is 0. The third kappa shape index (κ3) is 3.10. The smallest absolute Gasteiger partial charge is 0.178 e. The van der Waals surface area contributed by atoms with Crippen LogP contribution in [-0.2, 0) is 0 Å². The number of Topliss-reactive ketones (excluding diaryl/α,β-unsaturated/α-hetero) is 1. The van der Waals surface area contributed by atoms with Crippen LogP contribution in [0.1, 0.15) is 35.5 Å². The number of nitrogens with two attached hydrogens (primary N) is 1. The second-order valence-electron chi connectivity index (χ2n) is 3.62. The van der Waals surface area contributed by atoms with E-state index in [-0.39, 0.29) is 5.78 Å². The number of ketones is 1. The maximum Gasteiger partial charge on any atom is 0.178 e. The van der Waals surface area contributed by atoms with Crippen molar-refractivity contribution < 1.29 is 15.0 Å². The molecule has 0 saturated carbocycles. The van der Waals surface area contributed by atoms with Gasteiger partial charge >= 0.3 is 0 Å². The Bertz CT molecular complexity index is 351. The fourth-order valence-electron chi connectivity index (χ4n) is 1.34. The summed E-state index contributed by atoms with van der Waals surface area (Å²) < 4.78 is 0. The summed E-state index contributed by atoms with van der Waals surface area (Å²) in [5, 5.41) is 19.2. The molecule has 0 fully saturated rings. The summed E-state index contributed by atoms with van der Waals surface area (Å²) in [5.41, 5.74) is 6.09. The lowest BCUT2D eigenvalue weighted by atomic mass is 10.0. The van der Waals surface area contributed by atoms with Crippen LogP contribution in [0.2, 0.25) is 0 Å². The molecule has 1 heterocycles. The van der Waals surface area contributed by atoms with E-state index in [1.165, 1.54) is 19.2 Å². The molecule has 0 saturated heterocycles. The molecule has 0 aliphatic rings. The molecule has 0 bridgehead atoms. The number of carbonyl (C=O) groups is 1. The molecule has 0 amide bonds. The van der Waals surface area contributed by atoms with Crippen LogP contribution < -0.4 is 5.73 Å². The minimum atomic E-state index is -1.02. The molecule has 5 nitrogen and oxygen atoms in total. The van der Waals surface area contributed by atoms with Gasteiger partial charge < -0.3 is 15.9 Å². The van der Waals surface area contributed by atoms with Crippen molar-refractivity contribution in [2.75, 3.05) is 6.54 Å². The van der Waals surface area contributed by atoms with Crippen LogP contribution in [0, 0.1) is 0 Å². The number of aliphatic hydroxyl groups is 2. The highest BCUT2D eigenvalue weighted by Gasteiger charge is 2.17. The maximum absolute atomic E-state index is 11.0. The minimum absolute atomic E-state index is 0.136. The number of pyridine rings is 1. The van der Waals surface area contributed by atoms with Gasteiger partial charge in [0.25, 0.3) is 0 Å². The quantitative estimate of drug-likeness (QED) is 0.613. The molecule has 0 radical (unpaired) electrons. The first-order chi connectivity index (χ1) is 7.56. The van der Waals surface area contributed by atoms with E-state index in [1.54, 1.807) is 6.07 Å². The number of carbonyl (C=O) groups excluding carboxylic acids is 1. The van der Waals surface area contributed by atoms with E-state index in [0.717, 1.165) is 0 Å². The summed E-state index contributed by atoms with van der Waals surface area (Å²) in [7, 11) is 0. The van der Waals surface area contributed by atoms with E-state index in [9.17, 15) is 15.0 Å². The lowest BCUT2D eigenvalue weighted by Gasteiger charge is -2.17. The molecule has 5 heteroatoms. The van der Waals surface area contributed by atoms with Gasteiger partial charge in [0.2, 0.25) is 0 Å². The van der Waals surface area contributed by atoms with Gasteiger partial charge in [-0.3, -0.25) is 9.78 Å². The molecule has 16 heavy (non-hydrogen) atoms. The molecule has 1 aromatic heterocycles. The van der Waals surface area contributed by atoms with Gasteiger partial charge in [-0.25, -0.2) is 0 Å². The molecule has 4 N–H and O–H groups in total. The molecular formula is C11H16N2O3. The Labute approximate surface area is 93.9 Å². The van der Waals surface area contributed by atoms with E-state index >= 15 is 0 Å². The fraction of sp³-hybridized carbons (Fsp3) is 0.455. The molecule has 2 atom stereocenters. The lowest BCUT2D eigenvalue weighted by Crippen LogP contribution is -2.22. The first-order valence-electron chi connectivity index (χ1n) is 5.09. The van der Waals surface area contributed by atoms with E-state index in [4.69, 9.17) is 5.73 Å². The highest BCUT2D eigenvalue weighted by molar-refractivity contribution is 5.91. The Morgan fingerprint density at radius 3 is 2.62 bits per heavy atom. The second kappa shape index (κ2) is 5.69. The average molecular weight is 224 g/mol. The molecule has 1 aromatic rings. The molecule has 1 rings (SSSR count). The number of hydrogen-bond acceptors (Lipinski definition) is 5. The summed E-state index contributed by atoms with van der Waals surface area (Å²) in [5.74, 6) is -0.136. The van der Waals surface area contributed by atoms with Crippen molar-refractivity contribution in [3.63, 3.8) is 0 Å². The summed E-state index contributed by atoms with van der Waals surface area (Å²) in [6.07, 6.45) is -0.219. The minimum Gasteiger partial charge on any atom is -0.390 e. The van der Waals surface area contributed by atoms with Crippen molar-refractivity contribution in [3.05, 3.63) is 29.6 Å². The Morgan fingerprint density at radius 2 is 2.19 bits per heavy atom. The van der Waals surface area contributed by atoms with Crippen LogP contribution in [0.25, 0.3) is 0 Å². The van der Waals surface area contributed by atoms with Crippen molar-refractivity contribution in [1.82, 2.24) is 4.98 Å². The molecule has 0 spiro atoms. The number of nitrogens with zero attached hydrogens (tertiary/aromatic N) is 1. The Kier molecular flexibility index (Phi) is 4.54. The summed E-state index contributed by atoms with van der Waals surface area (Å²) in [6.45, 7) is 1.72. The van der Waals surface area contributed by atoms with Gasteiger partial charge in [0, 0.05) is 18.7 Å². The largest absolute Gasteiger partial charge is 0.390 e. The van der Waals surface area contributed by atoms with Crippen LogP contribution in [-0.4, -0.2) is 33.6 Å². The van der Waals surface area contributed by atoms with Crippen LogP contribution in [0.5, 0.6) is 0 Å². The molecule has 0 aromatic carbocycles. The van der Waals surface area contributed by atoms with Gasteiger partial charge in [-0.15, -0.1) is 0 Å². The third-order valence-electron chi connectivity index (χ3n) is 2.32. The van der Waals surface area contributed by atoms with Gasteiger partial charge in [-0.2, -0.15) is 0 Å². The van der Waals surface area contributed by atoms with Gasteiger partial charge in [-0.1, -0.05) is 6.07 Å². The van der Waals surface area contributed by atoms with Crippen LogP contribution in [0.15, 0.2) is 18.3 Å². The topological polar surface area (TPSA) is 96.4 Å². The summed E-state index contributed by atoms with van der Waals surface area (Å²) in [4.78, 5) is 14.9. The summed E-state index contributed by atoms with van der Waals surface area (Å²) in [6, 6.07) is 3.10. The van der Waals surface area contributed by atoms with E-state index in [2.05, 4.69) is 4.98 Å². The maximum atomic E-state index is 11.0. The van der Waals surface area contributed by atoms with Crippen molar-refractivity contribution in [2.45, 2.75) is 25.6 Å². The normalized spacial score (nSPS) is 14.5. The van der Waals surface area contributed by atoms with E-state index in [1.807, 2.05) is 0 Å². The SMILES string of the molecule is CC(=O)c1ccc(C(O)C(O)CCN)cn1. The first-order valence-corrected chi connectivity index (χ1v) is 5.09. The fourth-order valence-corrected chi connectivity index (χ4v) is 1.34. The monoisotopic (exact) mass is 224 g/mol. The number of aliphatic hydroxyl groups excluding tert-OH is 2. The average Bonchev–Trinajstić information content (AvgIpc) is 2.28. The third-order valence-corrected chi connectivity index (χ3v) is 2.32. The highest BCUT2D eigenvalue weighted by Crippen LogP contribution is 2.17. The van der Waals surface area contributed by atoms with Crippen LogP contribution in [0.4, 0.5) is 0 Å². The molecule has 0 aliphatic carbocycles. The predicted molar refractivity (Wildman–Crippen MR) is 58.9 cm³/mol. The van der Waals surface area contributed by atoms with Crippen molar-refractivity contribution in [1.29, 1.82) is 0 Å². The zero-order valence-electron chi connectivity index (χ0n) is 9.13. The van der Waals surface area contributed by atoms with Crippen LogP contribution in [0.3, 0.4) is 0 Å². The Hall–Kier alpha value is -1.30. The highest BCUT2D eigenvalue weighted by atomic mass is 16.3. The van der Waals surface area contributed by atoms with Gasteiger partial charge in [0.15, 0.2) is 5.78 Å². The van der Waals surface area contributed by atoms with Gasteiger partial charge in [-0.05, 0) is 19.0 Å². The van der Waals surface area contributed by atoms with Gasteiger partial charge in [0.1, 0.15) is 11.8 Å².